The van der Waals surface area contributed by atoms with E-state index >= 15 is 0 Å². The van der Waals surface area contributed by atoms with E-state index < -0.39 is 0 Å². The molecular formula is C17H14FNO2. The summed E-state index contributed by atoms with van der Waals surface area (Å²) in [5.41, 5.74) is 2.94. The van der Waals surface area contributed by atoms with Crippen LogP contribution in [0.1, 0.15) is 11.3 Å². The van der Waals surface area contributed by atoms with Gasteiger partial charge < -0.3 is 9.26 Å². The molecule has 1 aromatic heterocycles. The standard InChI is InChI=1S/C17H14FNO2/c1-12-5-7-13(8-6-12)17-10-16(21-19-17)11-20-15-4-2-3-14(18)9-15/h2-10H,11H2,1H3. The van der Waals surface area contributed by atoms with Crippen molar-refractivity contribution in [2.75, 3.05) is 0 Å². The molecule has 0 bridgehead atoms. The zero-order valence-electron chi connectivity index (χ0n) is 11.5. The van der Waals surface area contributed by atoms with Crippen molar-refractivity contribution >= 4 is 0 Å². The number of aromatic nitrogens is 1. The van der Waals surface area contributed by atoms with Crippen LogP contribution in [-0.4, -0.2) is 5.16 Å². The van der Waals surface area contributed by atoms with Gasteiger partial charge in [-0.15, -0.1) is 0 Å². The van der Waals surface area contributed by atoms with Crippen LogP contribution in [0.5, 0.6) is 5.75 Å². The van der Waals surface area contributed by atoms with Crippen LogP contribution in [0.3, 0.4) is 0 Å². The molecule has 0 saturated heterocycles. The van der Waals surface area contributed by atoms with Crippen LogP contribution in [0.2, 0.25) is 0 Å². The number of hydrogen-bond acceptors (Lipinski definition) is 3. The Morgan fingerprint density at radius 2 is 1.90 bits per heavy atom. The van der Waals surface area contributed by atoms with Crippen molar-refractivity contribution in [2.45, 2.75) is 13.5 Å². The summed E-state index contributed by atoms with van der Waals surface area (Å²) in [6, 6.07) is 15.8. The number of hydrogen-bond donors (Lipinski definition) is 0. The molecule has 0 spiro atoms. The second kappa shape index (κ2) is 5.79. The minimum Gasteiger partial charge on any atom is -0.485 e. The Labute approximate surface area is 122 Å². The van der Waals surface area contributed by atoms with E-state index in [9.17, 15) is 4.39 Å². The van der Waals surface area contributed by atoms with Crippen molar-refractivity contribution in [3.63, 3.8) is 0 Å². The molecule has 0 aliphatic heterocycles. The maximum absolute atomic E-state index is 13.0. The first-order chi connectivity index (χ1) is 10.2. The van der Waals surface area contributed by atoms with E-state index in [1.165, 1.54) is 17.7 Å². The number of rotatable bonds is 4. The van der Waals surface area contributed by atoms with Gasteiger partial charge in [-0.3, -0.25) is 0 Å². The van der Waals surface area contributed by atoms with Gasteiger partial charge in [0.1, 0.15) is 23.9 Å². The lowest BCUT2D eigenvalue weighted by Crippen LogP contribution is -1.93. The Kier molecular flexibility index (Phi) is 3.69. The van der Waals surface area contributed by atoms with Crippen LogP contribution in [-0.2, 0) is 6.61 Å². The lowest BCUT2D eigenvalue weighted by Gasteiger charge is -2.02. The van der Waals surface area contributed by atoms with E-state index in [1.54, 1.807) is 12.1 Å². The quantitative estimate of drug-likeness (QED) is 0.713. The highest BCUT2D eigenvalue weighted by atomic mass is 19.1. The predicted octanol–water partition coefficient (Wildman–Crippen LogP) is 4.37. The highest BCUT2D eigenvalue weighted by Crippen LogP contribution is 2.21. The summed E-state index contributed by atoms with van der Waals surface area (Å²) >= 11 is 0. The second-order valence-electron chi connectivity index (χ2n) is 4.79. The van der Waals surface area contributed by atoms with Crippen LogP contribution in [0.25, 0.3) is 11.3 Å². The smallest absolute Gasteiger partial charge is 0.174 e. The molecule has 0 aliphatic rings. The van der Waals surface area contributed by atoms with E-state index in [0.717, 1.165) is 11.3 Å². The third kappa shape index (κ3) is 3.28. The summed E-state index contributed by atoms with van der Waals surface area (Å²) in [5.74, 6) is 0.725. The van der Waals surface area contributed by atoms with E-state index in [2.05, 4.69) is 5.16 Å². The van der Waals surface area contributed by atoms with Crippen LogP contribution in [0.4, 0.5) is 4.39 Å². The summed E-state index contributed by atoms with van der Waals surface area (Å²) < 4.78 is 23.7. The molecule has 0 unspecified atom stereocenters. The Balaban J connectivity index is 1.69. The topological polar surface area (TPSA) is 35.3 Å². The number of nitrogens with zero attached hydrogens (tertiary/aromatic N) is 1. The maximum Gasteiger partial charge on any atom is 0.174 e. The van der Waals surface area contributed by atoms with Crippen molar-refractivity contribution in [2.24, 2.45) is 0 Å². The Bertz CT molecular complexity index is 735. The van der Waals surface area contributed by atoms with E-state index in [0.29, 0.717) is 11.5 Å². The fraction of sp³-hybridized carbons (Fsp3) is 0.118. The maximum atomic E-state index is 13.0. The zero-order chi connectivity index (χ0) is 14.7. The molecule has 0 N–H and O–H groups in total. The number of ether oxygens (including phenoxy) is 1. The van der Waals surface area contributed by atoms with Gasteiger partial charge in [-0.05, 0) is 19.1 Å². The minimum atomic E-state index is -0.328. The van der Waals surface area contributed by atoms with Crippen LogP contribution in [0, 0.1) is 12.7 Å². The third-order valence-electron chi connectivity index (χ3n) is 3.08. The van der Waals surface area contributed by atoms with Gasteiger partial charge in [-0.25, -0.2) is 4.39 Å². The molecule has 3 nitrogen and oxygen atoms in total. The summed E-state index contributed by atoms with van der Waals surface area (Å²) in [7, 11) is 0. The number of halogens is 1. The summed E-state index contributed by atoms with van der Waals surface area (Å²) in [5, 5.41) is 4.02. The van der Waals surface area contributed by atoms with Gasteiger partial charge in [0.05, 0.1) is 0 Å². The first-order valence-corrected chi connectivity index (χ1v) is 6.62. The third-order valence-corrected chi connectivity index (χ3v) is 3.08. The molecule has 3 rings (SSSR count). The van der Waals surface area contributed by atoms with Gasteiger partial charge >= 0.3 is 0 Å². The Morgan fingerprint density at radius 1 is 1.10 bits per heavy atom. The van der Waals surface area contributed by atoms with Gasteiger partial charge in [0.2, 0.25) is 0 Å². The molecule has 2 aromatic carbocycles. The van der Waals surface area contributed by atoms with Gasteiger partial charge in [-0.1, -0.05) is 41.1 Å². The average molecular weight is 283 g/mol. The zero-order valence-corrected chi connectivity index (χ0v) is 11.5. The van der Waals surface area contributed by atoms with Crippen molar-refractivity contribution < 1.29 is 13.7 Å². The molecule has 0 atom stereocenters. The van der Waals surface area contributed by atoms with Gasteiger partial charge in [0.15, 0.2) is 5.76 Å². The van der Waals surface area contributed by atoms with Gasteiger partial charge in [0, 0.05) is 17.7 Å². The van der Waals surface area contributed by atoms with Crippen molar-refractivity contribution in [3.05, 3.63) is 71.7 Å². The van der Waals surface area contributed by atoms with Crippen molar-refractivity contribution in [1.82, 2.24) is 5.16 Å². The monoisotopic (exact) mass is 283 g/mol. The fourth-order valence-electron chi connectivity index (χ4n) is 1.95. The molecule has 4 heteroatoms. The molecule has 0 amide bonds. The Morgan fingerprint density at radius 3 is 2.67 bits per heavy atom. The highest BCUT2D eigenvalue weighted by molar-refractivity contribution is 5.59. The minimum absolute atomic E-state index is 0.211. The average Bonchev–Trinajstić information content (AvgIpc) is 2.95. The van der Waals surface area contributed by atoms with Gasteiger partial charge in [0.25, 0.3) is 0 Å². The molecular weight excluding hydrogens is 269 g/mol. The van der Waals surface area contributed by atoms with Crippen molar-refractivity contribution in [1.29, 1.82) is 0 Å². The Hall–Kier alpha value is -2.62. The molecule has 1 heterocycles. The molecule has 21 heavy (non-hydrogen) atoms. The largest absolute Gasteiger partial charge is 0.485 e. The molecule has 0 fully saturated rings. The van der Waals surface area contributed by atoms with Crippen LogP contribution in [0.15, 0.2) is 59.1 Å². The molecule has 0 radical (unpaired) electrons. The summed E-state index contributed by atoms with van der Waals surface area (Å²) in [6.45, 7) is 2.24. The number of benzene rings is 2. The fourth-order valence-corrected chi connectivity index (χ4v) is 1.95. The summed E-state index contributed by atoms with van der Waals surface area (Å²) in [4.78, 5) is 0. The molecule has 3 aromatic rings. The molecule has 0 saturated carbocycles. The SMILES string of the molecule is Cc1ccc(-c2cc(COc3cccc(F)c3)on2)cc1. The predicted molar refractivity (Wildman–Crippen MR) is 77.4 cm³/mol. The van der Waals surface area contributed by atoms with Gasteiger partial charge in [-0.2, -0.15) is 0 Å². The molecule has 106 valence electrons. The van der Waals surface area contributed by atoms with Crippen molar-refractivity contribution in [3.8, 4) is 17.0 Å². The van der Waals surface area contributed by atoms with Crippen LogP contribution < -0.4 is 4.74 Å². The highest BCUT2D eigenvalue weighted by Gasteiger charge is 2.07. The lowest BCUT2D eigenvalue weighted by molar-refractivity contribution is 0.249. The first kappa shape index (κ1) is 13.4. The normalized spacial score (nSPS) is 10.6. The van der Waals surface area contributed by atoms with Crippen LogP contribution >= 0.6 is 0 Å². The number of aryl methyl sites for hydroxylation is 1. The lowest BCUT2D eigenvalue weighted by atomic mass is 10.1. The van der Waals surface area contributed by atoms with E-state index in [-0.39, 0.29) is 12.4 Å². The first-order valence-electron chi connectivity index (χ1n) is 6.62. The van der Waals surface area contributed by atoms with E-state index in [4.69, 9.17) is 9.26 Å². The molecule has 0 aliphatic carbocycles. The summed E-state index contributed by atoms with van der Waals surface area (Å²) in [6.07, 6.45) is 0. The van der Waals surface area contributed by atoms with E-state index in [1.807, 2.05) is 37.3 Å². The second-order valence-corrected chi connectivity index (χ2v) is 4.79.